The van der Waals surface area contributed by atoms with Crippen LogP contribution in [0.25, 0.3) is 22.2 Å². The largest absolute Gasteiger partial charge is 0.384 e. The molecule has 2 heterocycles. The summed E-state index contributed by atoms with van der Waals surface area (Å²) in [5.41, 5.74) is 9.78. The van der Waals surface area contributed by atoms with Crippen molar-refractivity contribution in [3.63, 3.8) is 0 Å². The summed E-state index contributed by atoms with van der Waals surface area (Å²) in [6, 6.07) is 14.2. The molecule has 0 saturated heterocycles. The van der Waals surface area contributed by atoms with Crippen LogP contribution >= 0.6 is 0 Å². The predicted molar refractivity (Wildman–Crippen MR) is 121 cm³/mol. The first-order valence-corrected chi connectivity index (χ1v) is 10.7. The molecule has 0 radical (unpaired) electrons. The van der Waals surface area contributed by atoms with Gasteiger partial charge in [-0.2, -0.15) is 0 Å². The molecule has 0 spiro atoms. The van der Waals surface area contributed by atoms with E-state index < -0.39 is 0 Å². The van der Waals surface area contributed by atoms with Crippen LogP contribution in [0, 0.1) is 5.82 Å². The molecule has 0 saturated carbocycles. The number of nitrogen functional groups attached to an aromatic ring is 1. The first-order chi connectivity index (χ1) is 15.1. The van der Waals surface area contributed by atoms with Crippen molar-refractivity contribution < 1.29 is 9.18 Å². The van der Waals surface area contributed by atoms with E-state index in [1.807, 2.05) is 24.3 Å². The molecule has 2 aromatic carbocycles. The molecule has 0 aliphatic rings. The monoisotopic (exact) mass is 419 g/mol. The van der Waals surface area contributed by atoms with Crippen LogP contribution in [-0.2, 0) is 13.0 Å². The molecular formula is C24H26FN5O. The Bertz CT molecular complexity index is 1230. The summed E-state index contributed by atoms with van der Waals surface area (Å²) in [6.45, 7) is 3.08. The molecule has 0 unspecified atom stereocenters. The third-order valence-corrected chi connectivity index (χ3v) is 5.45. The Balaban J connectivity index is 1.75. The van der Waals surface area contributed by atoms with E-state index in [2.05, 4.69) is 12.2 Å². The SMILES string of the molecule is CCCCCNC(=O)c1c(N)n(CCc2ccccc2F)c2nc3ccccc3nc12. The second kappa shape index (κ2) is 9.12. The molecule has 0 fully saturated rings. The van der Waals surface area contributed by atoms with Gasteiger partial charge in [-0.3, -0.25) is 4.79 Å². The minimum atomic E-state index is -0.261. The number of carbonyl (C=O) groups excluding carboxylic acids is 1. The lowest BCUT2D eigenvalue weighted by atomic mass is 10.1. The zero-order valence-corrected chi connectivity index (χ0v) is 17.6. The number of para-hydroxylation sites is 2. The van der Waals surface area contributed by atoms with E-state index >= 15 is 0 Å². The average molecular weight is 420 g/mol. The van der Waals surface area contributed by atoms with Crippen molar-refractivity contribution in [2.24, 2.45) is 0 Å². The maximum atomic E-state index is 14.1. The van der Waals surface area contributed by atoms with Crippen LogP contribution in [0.4, 0.5) is 10.2 Å². The molecule has 3 N–H and O–H groups in total. The summed E-state index contributed by atoms with van der Waals surface area (Å²) in [5, 5.41) is 2.95. The van der Waals surface area contributed by atoms with Gasteiger partial charge in [0.15, 0.2) is 5.65 Å². The van der Waals surface area contributed by atoms with Crippen molar-refractivity contribution in [2.75, 3.05) is 12.3 Å². The Hall–Kier alpha value is -3.48. The van der Waals surface area contributed by atoms with Crippen molar-refractivity contribution in [3.8, 4) is 0 Å². The lowest BCUT2D eigenvalue weighted by molar-refractivity contribution is 0.0955. The number of rotatable bonds is 8. The van der Waals surface area contributed by atoms with Gasteiger partial charge in [-0.25, -0.2) is 14.4 Å². The zero-order chi connectivity index (χ0) is 21.8. The molecule has 0 aliphatic heterocycles. The number of hydrogen-bond acceptors (Lipinski definition) is 4. The fraction of sp³-hybridized carbons (Fsp3) is 0.292. The minimum Gasteiger partial charge on any atom is -0.384 e. The number of nitrogens with one attached hydrogen (secondary N) is 1. The van der Waals surface area contributed by atoms with Gasteiger partial charge < -0.3 is 15.6 Å². The topological polar surface area (TPSA) is 85.8 Å². The summed E-state index contributed by atoms with van der Waals surface area (Å²) in [5.74, 6) is -0.217. The molecule has 0 aliphatic carbocycles. The van der Waals surface area contributed by atoms with E-state index in [1.54, 1.807) is 22.8 Å². The summed E-state index contributed by atoms with van der Waals surface area (Å²) < 4.78 is 15.9. The van der Waals surface area contributed by atoms with Crippen molar-refractivity contribution in [2.45, 2.75) is 39.2 Å². The lowest BCUT2D eigenvalue weighted by Gasteiger charge is -2.09. The van der Waals surface area contributed by atoms with E-state index in [1.165, 1.54) is 6.07 Å². The molecule has 4 rings (SSSR count). The van der Waals surface area contributed by atoms with Gasteiger partial charge >= 0.3 is 0 Å². The Kier molecular flexibility index (Phi) is 6.11. The zero-order valence-electron chi connectivity index (χ0n) is 17.6. The van der Waals surface area contributed by atoms with Crippen LogP contribution < -0.4 is 11.1 Å². The summed E-state index contributed by atoms with van der Waals surface area (Å²) in [4.78, 5) is 22.4. The molecule has 6 nitrogen and oxygen atoms in total. The fourth-order valence-corrected chi connectivity index (χ4v) is 3.77. The van der Waals surface area contributed by atoms with Gasteiger partial charge in [-0.05, 0) is 36.6 Å². The van der Waals surface area contributed by atoms with E-state index in [9.17, 15) is 9.18 Å². The van der Waals surface area contributed by atoms with E-state index in [-0.39, 0.29) is 11.7 Å². The van der Waals surface area contributed by atoms with E-state index in [0.717, 1.165) is 24.8 Å². The molecule has 2 aromatic heterocycles. The van der Waals surface area contributed by atoms with Crippen LogP contribution in [0.5, 0.6) is 0 Å². The predicted octanol–water partition coefficient (Wildman–Crippen LogP) is 4.47. The van der Waals surface area contributed by atoms with Crippen molar-refractivity contribution in [1.29, 1.82) is 0 Å². The molecule has 31 heavy (non-hydrogen) atoms. The highest BCUT2D eigenvalue weighted by Crippen LogP contribution is 2.28. The highest BCUT2D eigenvalue weighted by Gasteiger charge is 2.23. The van der Waals surface area contributed by atoms with Gasteiger partial charge in [0.25, 0.3) is 5.91 Å². The quantitative estimate of drug-likeness (QED) is 0.413. The Labute approximate surface area is 180 Å². The van der Waals surface area contributed by atoms with Gasteiger partial charge in [-0.15, -0.1) is 0 Å². The second-order valence-electron chi connectivity index (χ2n) is 7.60. The number of aryl methyl sites for hydroxylation is 2. The maximum Gasteiger partial charge on any atom is 0.257 e. The van der Waals surface area contributed by atoms with E-state index in [0.29, 0.717) is 53.1 Å². The van der Waals surface area contributed by atoms with Gasteiger partial charge in [-0.1, -0.05) is 50.1 Å². The van der Waals surface area contributed by atoms with Crippen LogP contribution in [0.1, 0.15) is 42.1 Å². The highest BCUT2D eigenvalue weighted by atomic mass is 19.1. The average Bonchev–Trinajstić information content (AvgIpc) is 3.04. The van der Waals surface area contributed by atoms with Gasteiger partial charge in [0, 0.05) is 13.1 Å². The van der Waals surface area contributed by atoms with Gasteiger partial charge in [0.1, 0.15) is 22.7 Å². The number of anilines is 1. The molecule has 160 valence electrons. The van der Waals surface area contributed by atoms with Crippen LogP contribution in [0.15, 0.2) is 48.5 Å². The van der Waals surface area contributed by atoms with Crippen molar-refractivity contribution >= 4 is 33.9 Å². The second-order valence-corrected chi connectivity index (χ2v) is 7.60. The number of halogens is 1. The molecular weight excluding hydrogens is 393 g/mol. The molecule has 1 amide bonds. The number of aromatic nitrogens is 3. The molecule has 4 aromatic rings. The highest BCUT2D eigenvalue weighted by molar-refractivity contribution is 6.10. The number of amides is 1. The third-order valence-electron chi connectivity index (χ3n) is 5.45. The van der Waals surface area contributed by atoms with Crippen LogP contribution in [0.3, 0.4) is 0 Å². The Morgan fingerprint density at radius 2 is 1.77 bits per heavy atom. The summed E-state index contributed by atoms with van der Waals surface area (Å²) in [6.07, 6.45) is 3.45. The standard InChI is InChI=1S/C24H26FN5O/c1-2-3-8-14-27-24(31)20-21-23(29-19-12-7-6-11-18(19)28-21)30(22(20)26)15-13-16-9-4-5-10-17(16)25/h4-7,9-12H,2-3,8,13-15,26H2,1H3,(H,27,31). The number of nitrogens with two attached hydrogens (primary N) is 1. The number of nitrogens with zero attached hydrogens (tertiary/aromatic N) is 3. The van der Waals surface area contributed by atoms with Crippen LogP contribution in [0.2, 0.25) is 0 Å². The minimum absolute atomic E-state index is 0.257. The smallest absolute Gasteiger partial charge is 0.257 e. The molecule has 0 bridgehead atoms. The van der Waals surface area contributed by atoms with Crippen LogP contribution in [-0.4, -0.2) is 27.0 Å². The maximum absolute atomic E-state index is 14.1. The summed E-state index contributed by atoms with van der Waals surface area (Å²) in [7, 11) is 0. The van der Waals surface area contributed by atoms with Gasteiger partial charge in [0.2, 0.25) is 0 Å². The molecule has 7 heteroatoms. The Morgan fingerprint density at radius 3 is 2.52 bits per heavy atom. The molecule has 0 atom stereocenters. The number of fused-ring (bicyclic) bond motifs is 2. The Morgan fingerprint density at radius 1 is 1.06 bits per heavy atom. The third kappa shape index (κ3) is 4.21. The van der Waals surface area contributed by atoms with Crippen molar-refractivity contribution in [3.05, 3.63) is 65.5 Å². The normalized spacial score (nSPS) is 11.3. The number of carbonyl (C=O) groups is 1. The van der Waals surface area contributed by atoms with Crippen molar-refractivity contribution in [1.82, 2.24) is 19.9 Å². The first kappa shape index (κ1) is 20.8. The van der Waals surface area contributed by atoms with Gasteiger partial charge in [0.05, 0.1) is 11.0 Å². The number of hydrogen-bond donors (Lipinski definition) is 2. The fourth-order valence-electron chi connectivity index (χ4n) is 3.77. The lowest BCUT2D eigenvalue weighted by Crippen LogP contribution is -2.25. The van der Waals surface area contributed by atoms with E-state index in [4.69, 9.17) is 15.7 Å². The number of benzene rings is 2. The number of unbranched alkanes of at least 4 members (excludes halogenated alkanes) is 2. The first-order valence-electron chi connectivity index (χ1n) is 10.7. The summed E-state index contributed by atoms with van der Waals surface area (Å²) >= 11 is 0.